The molecule has 3 nitrogen and oxygen atoms in total. The van der Waals surface area contributed by atoms with Gasteiger partial charge in [-0.25, -0.2) is 13.8 Å². The van der Waals surface area contributed by atoms with Crippen LogP contribution in [0.1, 0.15) is 6.42 Å². The van der Waals surface area contributed by atoms with Crippen molar-refractivity contribution in [1.29, 1.82) is 0 Å². The maximum atomic E-state index is 13.5. The maximum Gasteiger partial charge on any atom is 0.229 e. The van der Waals surface area contributed by atoms with Crippen LogP contribution >= 0.6 is 24.0 Å². The second-order valence-electron chi connectivity index (χ2n) is 4.09. The number of nitrogens with zero attached hydrogens (tertiary/aromatic N) is 2. The Labute approximate surface area is 111 Å². The fourth-order valence-electron chi connectivity index (χ4n) is 1.93. The van der Waals surface area contributed by atoms with Gasteiger partial charge in [-0.3, -0.25) is 9.69 Å². The predicted molar refractivity (Wildman–Crippen MR) is 69.3 cm³/mol. The zero-order valence-corrected chi connectivity index (χ0v) is 10.8. The quantitative estimate of drug-likeness (QED) is 0.818. The molecule has 1 unspecified atom stereocenters. The van der Waals surface area contributed by atoms with Gasteiger partial charge in [0.2, 0.25) is 5.91 Å². The Hall–Kier alpha value is -1.21. The zero-order chi connectivity index (χ0) is 12.9. The summed E-state index contributed by atoms with van der Waals surface area (Å²) in [7, 11) is 0. The summed E-state index contributed by atoms with van der Waals surface area (Å²) >= 11 is 5.35. The van der Waals surface area contributed by atoms with Gasteiger partial charge in [0.05, 0.1) is 4.70 Å². The topological polar surface area (TPSA) is 33.2 Å². The number of hydrogen-bond acceptors (Lipinski definition) is 4. The molecule has 2 heterocycles. The second-order valence-corrected chi connectivity index (χ2v) is 5.83. The lowest BCUT2D eigenvalue weighted by atomic mass is 10.3. The van der Waals surface area contributed by atoms with Crippen LogP contribution in [0.4, 0.5) is 13.9 Å². The van der Waals surface area contributed by atoms with E-state index < -0.39 is 11.6 Å². The van der Waals surface area contributed by atoms with Gasteiger partial charge in [-0.1, -0.05) is 11.3 Å². The van der Waals surface area contributed by atoms with Crippen molar-refractivity contribution >= 4 is 45.2 Å². The van der Waals surface area contributed by atoms with Gasteiger partial charge in [-0.2, -0.15) is 12.6 Å². The number of anilines is 1. The van der Waals surface area contributed by atoms with E-state index in [2.05, 4.69) is 17.6 Å². The van der Waals surface area contributed by atoms with Crippen molar-refractivity contribution in [2.45, 2.75) is 11.7 Å². The number of rotatable bonds is 1. The summed E-state index contributed by atoms with van der Waals surface area (Å²) in [4.78, 5) is 17.2. The molecule has 0 aliphatic carbocycles. The van der Waals surface area contributed by atoms with Crippen LogP contribution in [0.3, 0.4) is 0 Å². The van der Waals surface area contributed by atoms with Crippen molar-refractivity contribution < 1.29 is 13.6 Å². The summed E-state index contributed by atoms with van der Waals surface area (Å²) in [6.07, 6.45) is 0.343. The number of hydrogen-bond donors (Lipinski definition) is 1. The first kappa shape index (κ1) is 11.9. The minimum Gasteiger partial charge on any atom is -0.287 e. The van der Waals surface area contributed by atoms with E-state index in [-0.39, 0.29) is 16.7 Å². The molecule has 1 amide bonds. The van der Waals surface area contributed by atoms with Crippen molar-refractivity contribution in [2.24, 2.45) is 0 Å². The van der Waals surface area contributed by atoms with Gasteiger partial charge >= 0.3 is 0 Å². The SMILES string of the molecule is O=C1CC(S)CN1c1nc2c(F)cc(F)cc2s1. The molecule has 1 saturated heterocycles. The molecule has 0 bridgehead atoms. The van der Waals surface area contributed by atoms with E-state index in [1.165, 1.54) is 11.0 Å². The zero-order valence-electron chi connectivity index (χ0n) is 9.06. The Bertz CT molecular complexity index is 643. The van der Waals surface area contributed by atoms with Crippen LogP contribution in [0, 0.1) is 11.6 Å². The standard InChI is InChI=1S/C11H8F2N2OS2/c12-5-1-7(13)10-8(2-5)18-11(14-10)15-4-6(17)3-9(15)16/h1-2,6,17H,3-4H2. The molecule has 1 aromatic carbocycles. The van der Waals surface area contributed by atoms with Gasteiger partial charge in [-0.05, 0) is 6.07 Å². The van der Waals surface area contributed by atoms with Crippen molar-refractivity contribution in [3.63, 3.8) is 0 Å². The van der Waals surface area contributed by atoms with Crippen molar-refractivity contribution in [3.8, 4) is 0 Å². The number of carbonyl (C=O) groups is 1. The van der Waals surface area contributed by atoms with Crippen molar-refractivity contribution in [1.82, 2.24) is 4.98 Å². The summed E-state index contributed by atoms with van der Waals surface area (Å²) in [6, 6.07) is 2.01. The van der Waals surface area contributed by atoms with Gasteiger partial charge in [0.1, 0.15) is 11.3 Å². The Kier molecular flexibility index (Phi) is 2.74. The highest BCUT2D eigenvalue weighted by Gasteiger charge is 2.30. The first-order valence-electron chi connectivity index (χ1n) is 5.28. The van der Waals surface area contributed by atoms with Gasteiger partial charge in [0.15, 0.2) is 10.9 Å². The highest BCUT2D eigenvalue weighted by atomic mass is 32.1. The van der Waals surface area contributed by atoms with Crippen LogP contribution in [0.5, 0.6) is 0 Å². The number of thiol groups is 1. The second kappa shape index (κ2) is 4.17. The van der Waals surface area contributed by atoms with Crippen molar-refractivity contribution in [2.75, 3.05) is 11.4 Å². The predicted octanol–water partition coefficient (Wildman–Crippen LogP) is 2.61. The molecule has 0 spiro atoms. The minimum absolute atomic E-state index is 0.0360. The molecule has 3 rings (SSSR count). The van der Waals surface area contributed by atoms with Crippen LogP contribution in [0.15, 0.2) is 12.1 Å². The van der Waals surface area contributed by atoms with E-state index in [1.54, 1.807) is 0 Å². The van der Waals surface area contributed by atoms with Gasteiger partial charge in [0, 0.05) is 24.3 Å². The van der Waals surface area contributed by atoms with Crippen LogP contribution in [-0.2, 0) is 4.79 Å². The Morgan fingerprint density at radius 3 is 2.89 bits per heavy atom. The summed E-state index contributed by atoms with van der Waals surface area (Å²) in [6.45, 7) is 0.450. The van der Waals surface area contributed by atoms with E-state index in [0.29, 0.717) is 22.8 Å². The van der Waals surface area contributed by atoms with Crippen molar-refractivity contribution in [3.05, 3.63) is 23.8 Å². The summed E-state index contributed by atoms with van der Waals surface area (Å²) in [5.74, 6) is -1.44. The number of halogens is 2. The summed E-state index contributed by atoms with van der Waals surface area (Å²) in [5, 5.41) is 0.363. The average Bonchev–Trinajstić information content (AvgIpc) is 2.81. The van der Waals surface area contributed by atoms with E-state index in [0.717, 1.165) is 17.4 Å². The van der Waals surface area contributed by atoms with E-state index in [4.69, 9.17) is 0 Å². The highest BCUT2D eigenvalue weighted by molar-refractivity contribution is 7.81. The average molecular weight is 286 g/mol. The third kappa shape index (κ3) is 1.87. The highest BCUT2D eigenvalue weighted by Crippen LogP contribution is 2.33. The van der Waals surface area contributed by atoms with Gasteiger partial charge < -0.3 is 0 Å². The lowest BCUT2D eigenvalue weighted by Crippen LogP contribution is -2.24. The Morgan fingerprint density at radius 2 is 2.22 bits per heavy atom. The van der Waals surface area contributed by atoms with Crippen LogP contribution < -0.4 is 4.90 Å². The van der Waals surface area contributed by atoms with E-state index in [1.807, 2.05) is 0 Å². The van der Waals surface area contributed by atoms with Crippen LogP contribution in [-0.4, -0.2) is 22.7 Å². The molecule has 2 aromatic rings. The molecule has 1 aliphatic rings. The number of amides is 1. The maximum absolute atomic E-state index is 13.5. The molecule has 1 fully saturated rings. The lowest BCUT2D eigenvalue weighted by Gasteiger charge is -2.10. The van der Waals surface area contributed by atoms with Crippen LogP contribution in [0.25, 0.3) is 10.2 Å². The number of carbonyl (C=O) groups excluding carboxylic acids is 1. The minimum atomic E-state index is -0.707. The molecule has 1 atom stereocenters. The summed E-state index contributed by atoms with van der Waals surface area (Å²) in [5.41, 5.74) is 0.104. The lowest BCUT2D eigenvalue weighted by molar-refractivity contribution is -0.117. The van der Waals surface area contributed by atoms with E-state index >= 15 is 0 Å². The molecule has 1 aromatic heterocycles. The fraction of sp³-hybridized carbons (Fsp3) is 0.273. The Morgan fingerprint density at radius 1 is 1.44 bits per heavy atom. The fourth-order valence-corrected chi connectivity index (χ4v) is 3.29. The number of benzene rings is 1. The number of aromatic nitrogens is 1. The Balaban J connectivity index is 2.09. The first-order valence-corrected chi connectivity index (χ1v) is 6.62. The summed E-state index contributed by atoms with van der Waals surface area (Å²) < 4.78 is 27.0. The molecule has 7 heteroatoms. The van der Waals surface area contributed by atoms with E-state index in [9.17, 15) is 13.6 Å². The number of thiazole rings is 1. The molecule has 1 aliphatic heterocycles. The van der Waals surface area contributed by atoms with Crippen LogP contribution in [0.2, 0.25) is 0 Å². The molecule has 18 heavy (non-hydrogen) atoms. The molecule has 0 saturated carbocycles. The first-order chi connectivity index (χ1) is 8.54. The molecule has 94 valence electrons. The number of fused-ring (bicyclic) bond motifs is 1. The monoisotopic (exact) mass is 286 g/mol. The molecular weight excluding hydrogens is 278 g/mol. The smallest absolute Gasteiger partial charge is 0.229 e. The van der Waals surface area contributed by atoms with Gasteiger partial charge in [0.25, 0.3) is 0 Å². The normalized spacial score (nSPS) is 20.1. The molecule has 0 N–H and O–H groups in total. The largest absolute Gasteiger partial charge is 0.287 e. The molecule has 0 radical (unpaired) electrons. The third-order valence-corrected chi connectivity index (χ3v) is 4.11. The third-order valence-electron chi connectivity index (χ3n) is 2.74. The molecular formula is C11H8F2N2OS2. The van der Waals surface area contributed by atoms with Gasteiger partial charge in [-0.15, -0.1) is 0 Å².